The van der Waals surface area contributed by atoms with Crippen LogP contribution < -0.4 is 5.32 Å². The highest BCUT2D eigenvalue weighted by Crippen LogP contribution is 2.70. The van der Waals surface area contributed by atoms with Crippen LogP contribution in [0.25, 0.3) is 0 Å². The molecule has 0 aromatic heterocycles. The average molecular weight is 426 g/mol. The number of carbonyl (C=O) groups is 3. The molecule has 0 bridgehead atoms. The molecule has 1 rings (SSSR count). The van der Waals surface area contributed by atoms with E-state index >= 15 is 0 Å². The fraction of sp³-hybridized carbons (Fsp3) is 0.643. The standard InChI is InChI=1S/C14H24N2O9P2/c1-14(2,3)26(20,22-4)25-27(21,23-5)24-9-8-15-11(17)10-16-12(18)6-7-13(16)19/h6-7H,8-10H2,1-5H3,(H,15,17). The van der Waals surface area contributed by atoms with Crippen LogP contribution >= 0.6 is 15.4 Å². The van der Waals surface area contributed by atoms with E-state index in [4.69, 9.17) is 17.9 Å². The molecular formula is C14H24N2O9P2. The molecule has 11 nitrogen and oxygen atoms in total. The van der Waals surface area contributed by atoms with E-state index in [-0.39, 0.29) is 13.2 Å². The molecule has 154 valence electrons. The molecule has 0 spiro atoms. The second-order valence-electron chi connectivity index (χ2n) is 6.34. The minimum Gasteiger partial charge on any atom is -0.352 e. The van der Waals surface area contributed by atoms with Gasteiger partial charge in [0.2, 0.25) is 5.91 Å². The highest BCUT2D eigenvalue weighted by Gasteiger charge is 2.46. The molecule has 1 heterocycles. The van der Waals surface area contributed by atoms with Gasteiger partial charge in [-0.05, 0) is 20.8 Å². The van der Waals surface area contributed by atoms with Gasteiger partial charge in [0.15, 0.2) is 0 Å². The van der Waals surface area contributed by atoms with E-state index in [1.165, 1.54) is 0 Å². The van der Waals surface area contributed by atoms with Crippen molar-refractivity contribution in [1.82, 2.24) is 10.2 Å². The van der Waals surface area contributed by atoms with Crippen LogP contribution in [-0.2, 0) is 41.4 Å². The summed E-state index contributed by atoms with van der Waals surface area (Å²) >= 11 is 0. The van der Waals surface area contributed by atoms with Crippen LogP contribution in [0.4, 0.5) is 0 Å². The molecule has 0 aliphatic carbocycles. The fourth-order valence-corrected chi connectivity index (χ4v) is 5.53. The van der Waals surface area contributed by atoms with Crippen molar-refractivity contribution in [1.29, 1.82) is 0 Å². The average Bonchev–Trinajstić information content (AvgIpc) is 2.89. The van der Waals surface area contributed by atoms with Gasteiger partial charge in [0, 0.05) is 32.9 Å². The first-order chi connectivity index (χ1) is 12.4. The molecule has 13 heteroatoms. The Labute approximate surface area is 157 Å². The van der Waals surface area contributed by atoms with Crippen LogP contribution in [0.2, 0.25) is 0 Å². The van der Waals surface area contributed by atoms with Gasteiger partial charge < -0.3 is 9.84 Å². The second-order valence-corrected chi connectivity index (χ2v) is 11.2. The maximum atomic E-state index is 12.7. The number of nitrogens with one attached hydrogen (secondary N) is 1. The van der Waals surface area contributed by atoms with Gasteiger partial charge in [0.05, 0.1) is 11.8 Å². The van der Waals surface area contributed by atoms with Gasteiger partial charge in [0.1, 0.15) is 6.54 Å². The van der Waals surface area contributed by atoms with Crippen LogP contribution in [0.5, 0.6) is 0 Å². The van der Waals surface area contributed by atoms with Crippen molar-refractivity contribution in [2.75, 3.05) is 33.9 Å². The maximum Gasteiger partial charge on any atom is 0.481 e. The summed E-state index contributed by atoms with van der Waals surface area (Å²) in [6.07, 6.45) is 2.13. The van der Waals surface area contributed by atoms with Crippen LogP contribution in [0.15, 0.2) is 12.2 Å². The number of imide groups is 1. The highest BCUT2D eigenvalue weighted by molar-refractivity contribution is 7.65. The molecule has 1 N–H and O–H groups in total. The molecule has 0 aromatic carbocycles. The molecule has 0 aromatic rings. The Kier molecular flexibility index (Phi) is 8.10. The molecule has 0 fully saturated rings. The molecule has 3 amide bonds. The molecule has 0 saturated carbocycles. The van der Waals surface area contributed by atoms with Gasteiger partial charge >= 0.3 is 15.4 Å². The zero-order chi connectivity index (χ0) is 20.9. The minimum absolute atomic E-state index is 0.119. The van der Waals surface area contributed by atoms with E-state index in [0.717, 1.165) is 31.3 Å². The number of rotatable bonds is 10. The molecule has 0 saturated heterocycles. The Balaban J connectivity index is 2.52. The summed E-state index contributed by atoms with van der Waals surface area (Å²) in [5.41, 5.74) is 0. The van der Waals surface area contributed by atoms with Crippen LogP contribution in [0, 0.1) is 0 Å². The summed E-state index contributed by atoms with van der Waals surface area (Å²) in [6, 6.07) is 0. The lowest BCUT2D eigenvalue weighted by Gasteiger charge is -2.30. The number of amides is 3. The predicted octanol–water partition coefficient (Wildman–Crippen LogP) is 1.45. The molecule has 2 atom stereocenters. The van der Waals surface area contributed by atoms with E-state index in [9.17, 15) is 23.5 Å². The lowest BCUT2D eigenvalue weighted by molar-refractivity contribution is -0.141. The molecular weight excluding hydrogens is 402 g/mol. The van der Waals surface area contributed by atoms with Crippen LogP contribution in [0.1, 0.15) is 20.8 Å². The van der Waals surface area contributed by atoms with E-state index in [1.54, 1.807) is 20.8 Å². The van der Waals surface area contributed by atoms with Gasteiger partial charge in [-0.25, -0.2) is 8.88 Å². The topological polar surface area (TPSA) is 138 Å². The monoisotopic (exact) mass is 426 g/mol. The van der Waals surface area contributed by atoms with E-state index in [0.29, 0.717) is 0 Å². The van der Waals surface area contributed by atoms with Crippen LogP contribution in [-0.4, -0.2) is 61.7 Å². The second kappa shape index (κ2) is 9.23. The summed E-state index contributed by atoms with van der Waals surface area (Å²) in [6.45, 7) is 3.86. The minimum atomic E-state index is -4.21. The Morgan fingerprint density at radius 2 is 1.67 bits per heavy atom. The number of hydrogen-bond donors (Lipinski definition) is 1. The SMILES string of the molecule is COP(=O)(OCCNC(=O)CN1C(=O)C=CC1=O)OP(=O)(OC)C(C)(C)C. The van der Waals surface area contributed by atoms with E-state index < -0.39 is 44.8 Å². The van der Waals surface area contributed by atoms with Gasteiger partial charge in [-0.15, -0.1) is 0 Å². The third-order valence-electron chi connectivity index (χ3n) is 3.37. The summed E-state index contributed by atoms with van der Waals surface area (Å²) in [5.74, 6) is -1.78. The largest absolute Gasteiger partial charge is 0.481 e. The Hall–Kier alpha value is -1.35. The third-order valence-corrected chi connectivity index (χ3v) is 8.10. The van der Waals surface area contributed by atoms with Gasteiger partial charge in [-0.2, -0.15) is 0 Å². The Morgan fingerprint density at radius 1 is 1.11 bits per heavy atom. The third kappa shape index (κ3) is 6.34. The van der Waals surface area contributed by atoms with Crippen molar-refractivity contribution in [3.05, 3.63) is 12.2 Å². The quantitative estimate of drug-likeness (QED) is 0.312. The predicted molar refractivity (Wildman–Crippen MR) is 94.9 cm³/mol. The molecule has 2 unspecified atom stereocenters. The number of phosphoric ester groups is 1. The summed E-state index contributed by atoms with van der Waals surface area (Å²) < 4.78 is 44.8. The fourth-order valence-electron chi connectivity index (χ4n) is 1.81. The number of carbonyl (C=O) groups excluding carboxylic acids is 3. The normalized spacial score (nSPS) is 19.1. The van der Waals surface area contributed by atoms with Gasteiger partial charge in [0.25, 0.3) is 11.8 Å². The number of phosphoric acid groups is 1. The Bertz CT molecular complexity index is 696. The molecule has 27 heavy (non-hydrogen) atoms. The first kappa shape index (κ1) is 23.7. The zero-order valence-corrected chi connectivity index (χ0v) is 17.6. The molecule has 1 aliphatic rings. The number of hydrogen-bond acceptors (Lipinski definition) is 9. The summed E-state index contributed by atoms with van der Waals surface area (Å²) in [4.78, 5) is 35.3. The summed E-state index contributed by atoms with van der Waals surface area (Å²) in [5, 5.41) is 1.41. The summed E-state index contributed by atoms with van der Waals surface area (Å²) in [7, 11) is -5.81. The molecule has 0 radical (unpaired) electrons. The van der Waals surface area contributed by atoms with Gasteiger partial charge in [-0.1, -0.05) is 0 Å². The first-order valence-electron chi connectivity index (χ1n) is 7.85. The van der Waals surface area contributed by atoms with Gasteiger partial charge in [-0.3, -0.25) is 32.9 Å². The number of nitrogens with zero attached hydrogens (tertiary/aromatic N) is 1. The zero-order valence-electron chi connectivity index (χ0n) is 15.8. The lowest BCUT2D eigenvalue weighted by Crippen LogP contribution is -2.41. The smallest absolute Gasteiger partial charge is 0.352 e. The van der Waals surface area contributed by atoms with Crippen molar-refractivity contribution in [3.63, 3.8) is 0 Å². The van der Waals surface area contributed by atoms with Crippen molar-refractivity contribution in [2.45, 2.75) is 25.9 Å². The maximum absolute atomic E-state index is 12.7. The van der Waals surface area contributed by atoms with E-state index in [1.807, 2.05) is 0 Å². The Morgan fingerprint density at radius 3 is 2.11 bits per heavy atom. The van der Waals surface area contributed by atoms with Crippen molar-refractivity contribution in [3.8, 4) is 0 Å². The van der Waals surface area contributed by atoms with Crippen LogP contribution in [0.3, 0.4) is 0 Å². The van der Waals surface area contributed by atoms with Crippen molar-refractivity contribution in [2.24, 2.45) is 0 Å². The van der Waals surface area contributed by atoms with Crippen molar-refractivity contribution < 1.29 is 41.4 Å². The van der Waals surface area contributed by atoms with E-state index in [2.05, 4.69) is 5.32 Å². The highest BCUT2D eigenvalue weighted by atomic mass is 31.3. The lowest BCUT2D eigenvalue weighted by atomic mass is 10.3. The van der Waals surface area contributed by atoms with Crippen molar-refractivity contribution >= 4 is 33.1 Å². The first-order valence-corrected chi connectivity index (χ1v) is 10.9. The molecule has 1 aliphatic heterocycles.